The van der Waals surface area contributed by atoms with Gasteiger partial charge in [-0.3, -0.25) is 14.1 Å². The summed E-state index contributed by atoms with van der Waals surface area (Å²) in [6.45, 7) is 0.921. The Labute approximate surface area is 175 Å². The third kappa shape index (κ3) is 4.29. The Balaban J connectivity index is 0.00000171. The summed E-state index contributed by atoms with van der Waals surface area (Å²) in [6.07, 6.45) is 8.12. The molecule has 0 amide bonds. The van der Waals surface area contributed by atoms with Gasteiger partial charge in [0.05, 0.1) is 6.26 Å². The summed E-state index contributed by atoms with van der Waals surface area (Å²) in [4.78, 5) is 21.8. The van der Waals surface area contributed by atoms with Crippen molar-refractivity contribution in [3.63, 3.8) is 0 Å². The van der Waals surface area contributed by atoms with Gasteiger partial charge in [-0.15, -0.1) is 0 Å². The van der Waals surface area contributed by atoms with Crippen LogP contribution in [0.3, 0.4) is 0 Å². The summed E-state index contributed by atoms with van der Waals surface area (Å²) < 4.78 is 26.5. The molecule has 11 heteroatoms. The zero-order chi connectivity index (χ0) is 20.6. The van der Waals surface area contributed by atoms with Crippen LogP contribution in [0.25, 0.3) is 11.0 Å². The normalized spacial score (nSPS) is 18.8. The van der Waals surface area contributed by atoms with Crippen molar-refractivity contribution < 1.29 is 14.5 Å². The van der Waals surface area contributed by atoms with Gasteiger partial charge in [0.25, 0.3) is 5.56 Å². The minimum Gasteiger partial charge on any atom is -0.351 e. The molecule has 2 fully saturated rings. The third-order valence-corrected chi connectivity index (χ3v) is 7.14. The second-order valence-electron chi connectivity index (χ2n) is 7.84. The molecule has 0 aromatic carbocycles. The molecule has 0 unspecified atom stereocenters. The van der Waals surface area contributed by atoms with Crippen LogP contribution in [-0.4, -0.2) is 52.6 Å². The lowest BCUT2D eigenvalue weighted by Crippen LogP contribution is -2.42. The maximum absolute atomic E-state index is 12.8. The molecule has 2 aromatic heterocycles. The van der Waals surface area contributed by atoms with Gasteiger partial charge in [-0.2, -0.15) is 10.2 Å². The molecule has 4 rings (SSSR count). The molecule has 0 spiro atoms. The quantitative estimate of drug-likeness (QED) is 0.775. The van der Waals surface area contributed by atoms with E-state index in [4.69, 9.17) is 0 Å². The zero-order valence-electron chi connectivity index (χ0n) is 16.7. The number of sulfonamides is 1. The van der Waals surface area contributed by atoms with E-state index in [2.05, 4.69) is 15.3 Å². The number of hydrogen-bond donors (Lipinski definition) is 1. The van der Waals surface area contributed by atoms with Crippen molar-refractivity contribution in [3.05, 3.63) is 28.2 Å². The number of halogens is 1. The highest BCUT2D eigenvalue weighted by Gasteiger charge is 2.26. The Morgan fingerprint density at radius 2 is 1.90 bits per heavy atom. The molecular weight excluding hydrogens is 411 g/mol. The standard InChI is InChI=1S/C19H24N6O3S.FH.H2/c1-29(27,28)24-8-6-15(7-9-24)22-19-21-12-14-10-13(11-20)18(26)25(17(14)23-19)16-4-2-3-5-16;;/h10,12,15-16H,2-9H2,1H3,(H,21,22,23);2*1H. The number of nitrogens with one attached hydrogen (secondary N) is 1. The molecule has 30 heavy (non-hydrogen) atoms. The molecule has 1 aliphatic carbocycles. The van der Waals surface area contributed by atoms with Crippen LogP contribution in [-0.2, 0) is 10.0 Å². The van der Waals surface area contributed by atoms with Gasteiger partial charge in [-0.05, 0) is 31.7 Å². The first-order valence-corrected chi connectivity index (χ1v) is 11.8. The molecule has 0 bridgehead atoms. The van der Waals surface area contributed by atoms with Gasteiger partial charge in [-0.25, -0.2) is 17.7 Å². The van der Waals surface area contributed by atoms with Crippen molar-refractivity contribution in [2.24, 2.45) is 0 Å². The summed E-state index contributed by atoms with van der Waals surface area (Å²) >= 11 is 0. The number of rotatable bonds is 4. The predicted octanol–water partition coefficient (Wildman–Crippen LogP) is 2.01. The first-order chi connectivity index (χ1) is 13.9. The second kappa shape index (κ2) is 8.65. The molecule has 2 aliphatic rings. The van der Waals surface area contributed by atoms with Crippen molar-refractivity contribution in [2.45, 2.75) is 50.6 Å². The molecule has 1 N–H and O–H groups in total. The van der Waals surface area contributed by atoms with Crippen LogP contribution in [0, 0.1) is 11.3 Å². The van der Waals surface area contributed by atoms with Gasteiger partial charge >= 0.3 is 0 Å². The Morgan fingerprint density at radius 3 is 2.50 bits per heavy atom. The predicted molar refractivity (Wildman–Crippen MR) is 114 cm³/mol. The number of nitrogens with zero attached hydrogens (tertiary/aromatic N) is 5. The minimum atomic E-state index is -3.17. The highest BCUT2D eigenvalue weighted by atomic mass is 32.2. The molecule has 1 saturated heterocycles. The fraction of sp³-hybridized carbons (Fsp3) is 0.579. The van der Waals surface area contributed by atoms with Crippen LogP contribution in [0.4, 0.5) is 10.7 Å². The second-order valence-corrected chi connectivity index (χ2v) is 9.82. The van der Waals surface area contributed by atoms with E-state index in [1.165, 1.54) is 10.6 Å². The summed E-state index contributed by atoms with van der Waals surface area (Å²) in [5, 5.41) is 13.3. The monoisotopic (exact) mass is 438 g/mol. The lowest BCUT2D eigenvalue weighted by atomic mass is 10.1. The Bertz CT molecular complexity index is 1140. The molecule has 1 saturated carbocycles. The number of hydrogen-bond acceptors (Lipinski definition) is 7. The first-order valence-electron chi connectivity index (χ1n) is 9.91. The molecule has 3 heterocycles. The SMILES string of the molecule is CS(=O)(=O)N1CCC(Nc2ncc3cc(C#N)c(=O)n(C4CCCC4)c3n2)CC1.F.[HH]. The molecule has 0 atom stereocenters. The zero-order valence-corrected chi connectivity index (χ0v) is 17.6. The Morgan fingerprint density at radius 1 is 1.23 bits per heavy atom. The van der Waals surface area contributed by atoms with Crippen LogP contribution in [0.1, 0.15) is 51.6 Å². The smallest absolute Gasteiger partial charge is 0.270 e. The van der Waals surface area contributed by atoms with Crippen LogP contribution in [0.15, 0.2) is 17.1 Å². The van der Waals surface area contributed by atoms with Crippen molar-refractivity contribution in [2.75, 3.05) is 24.7 Å². The van der Waals surface area contributed by atoms with Crippen molar-refractivity contribution in [3.8, 4) is 6.07 Å². The fourth-order valence-corrected chi connectivity index (χ4v) is 5.16. The van der Waals surface area contributed by atoms with Crippen LogP contribution in [0.2, 0.25) is 0 Å². The van der Waals surface area contributed by atoms with Gasteiger partial charge in [0.1, 0.15) is 17.3 Å². The average Bonchev–Trinajstić information content (AvgIpc) is 3.21. The lowest BCUT2D eigenvalue weighted by Gasteiger charge is -2.30. The van der Waals surface area contributed by atoms with E-state index in [1.807, 2.05) is 6.07 Å². The van der Waals surface area contributed by atoms with Crippen molar-refractivity contribution >= 4 is 27.0 Å². The van der Waals surface area contributed by atoms with Gasteiger partial charge in [-0.1, -0.05) is 12.8 Å². The van der Waals surface area contributed by atoms with Gasteiger partial charge in [0.15, 0.2) is 0 Å². The van der Waals surface area contributed by atoms with Gasteiger partial charge in [0, 0.05) is 38.2 Å². The maximum atomic E-state index is 12.8. The van der Waals surface area contributed by atoms with Crippen LogP contribution >= 0.6 is 0 Å². The van der Waals surface area contributed by atoms with E-state index in [9.17, 15) is 18.5 Å². The number of nitriles is 1. The highest BCUT2D eigenvalue weighted by molar-refractivity contribution is 7.88. The number of pyridine rings is 1. The molecule has 1 aliphatic heterocycles. The van der Waals surface area contributed by atoms with Crippen molar-refractivity contribution in [1.82, 2.24) is 18.8 Å². The van der Waals surface area contributed by atoms with Gasteiger partial charge < -0.3 is 5.32 Å². The van der Waals surface area contributed by atoms with E-state index in [0.29, 0.717) is 42.9 Å². The largest absolute Gasteiger partial charge is 0.351 e. The molecule has 0 radical (unpaired) electrons. The first kappa shape index (κ1) is 22.1. The topological polar surface area (TPSA) is 121 Å². The van der Waals surface area contributed by atoms with E-state index in [-0.39, 0.29) is 29.3 Å². The lowest BCUT2D eigenvalue weighted by molar-refractivity contribution is 0.331. The molecular formula is C19H27FN6O3S. The fourth-order valence-electron chi connectivity index (χ4n) is 4.29. The summed E-state index contributed by atoms with van der Waals surface area (Å²) in [5.41, 5.74) is 0.367. The van der Waals surface area contributed by atoms with E-state index in [0.717, 1.165) is 25.7 Å². The minimum absolute atomic E-state index is 0. The highest BCUT2D eigenvalue weighted by Crippen LogP contribution is 2.30. The third-order valence-electron chi connectivity index (χ3n) is 5.84. The number of aromatic nitrogens is 3. The Kier molecular flexibility index (Phi) is 6.38. The van der Waals surface area contributed by atoms with Crippen LogP contribution < -0.4 is 10.9 Å². The summed E-state index contributed by atoms with van der Waals surface area (Å²) in [6, 6.07) is 3.66. The Hall–Kier alpha value is -2.58. The van der Waals surface area contributed by atoms with Gasteiger partial charge in [0.2, 0.25) is 16.0 Å². The van der Waals surface area contributed by atoms with Crippen LogP contribution in [0.5, 0.6) is 0 Å². The van der Waals surface area contributed by atoms with E-state index >= 15 is 0 Å². The molecule has 164 valence electrons. The van der Waals surface area contributed by atoms with E-state index < -0.39 is 10.0 Å². The number of anilines is 1. The number of fused-ring (bicyclic) bond motifs is 1. The summed E-state index contributed by atoms with van der Waals surface area (Å²) in [7, 11) is -3.17. The number of piperidine rings is 1. The molecule has 2 aromatic rings. The van der Waals surface area contributed by atoms with E-state index in [1.54, 1.807) is 16.8 Å². The average molecular weight is 439 g/mol. The maximum Gasteiger partial charge on any atom is 0.270 e. The van der Waals surface area contributed by atoms with Crippen molar-refractivity contribution in [1.29, 1.82) is 5.26 Å². The summed E-state index contributed by atoms with van der Waals surface area (Å²) in [5.74, 6) is 0.422. The molecule has 9 nitrogen and oxygen atoms in total.